The van der Waals surface area contributed by atoms with Crippen LogP contribution < -0.4 is 10.2 Å². The number of carbonyl (C=O) groups excluding carboxylic acids is 1. The van der Waals surface area contributed by atoms with Gasteiger partial charge in [-0.3, -0.25) is 4.79 Å². The number of aromatic nitrogens is 5. The van der Waals surface area contributed by atoms with Crippen LogP contribution in [0, 0.1) is 0 Å². The van der Waals surface area contributed by atoms with Crippen molar-refractivity contribution in [3.8, 4) is 0 Å². The van der Waals surface area contributed by atoms with Gasteiger partial charge in [-0.1, -0.05) is 0 Å². The zero-order valence-corrected chi connectivity index (χ0v) is 14.6. The van der Waals surface area contributed by atoms with Crippen molar-refractivity contribution in [2.75, 3.05) is 18.0 Å². The summed E-state index contributed by atoms with van der Waals surface area (Å²) in [7, 11) is 0. The van der Waals surface area contributed by atoms with Gasteiger partial charge in [0, 0.05) is 31.9 Å². The summed E-state index contributed by atoms with van der Waals surface area (Å²) in [4.78, 5) is 23.3. The summed E-state index contributed by atoms with van der Waals surface area (Å²) in [6, 6.07) is 1.91. The van der Waals surface area contributed by atoms with Crippen LogP contribution in [0.4, 0.5) is 5.82 Å². The molecular weight excluding hydrogens is 334 g/mol. The van der Waals surface area contributed by atoms with Crippen molar-refractivity contribution in [1.29, 1.82) is 0 Å². The lowest BCUT2D eigenvalue weighted by Crippen LogP contribution is -2.49. The Morgan fingerprint density at radius 3 is 3.08 bits per heavy atom. The predicted molar refractivity (Wildman–Crippen MR) is 93.3 cm³/mol. The average molecular weight is 357 g/mol. The molecule has 0 saturated carbocycles. The van der Waals surface area contributed by atoms with Crippen molar-refractivity contribution >= 4 is 11.7 Å². The van der Waals surface area contributed by atoms with Gasteiger partial charge in [-0.05, 0) is 31.7 Å². The Labute approximate surface area is 151 Å². The van der Waals surface area contributed by atoms with Crippen molar-refractivity contribution in [2.45, 2.75) is 50.8 Å². The van der Waals surface area contributed by atoms with Crippen molar-refractivity contribution in [3.05, 3.63) is 30.2 Å². The second-order valence-corrected chi connectivity index (χ2v) is 6.86. The minimum absolute atomic E-state index is 0.0320. The highest BCUT2D eigenvalue weighted by molar-refractivity contribution is 5.83. The van der Waals surface area contributed by atoms with E-state index in [4.69, 9.17) is 0 Å². The van der Waals surface area contributed by atoms with Gasteiger partial charge in [0.1, 0.15) is 24.6 Å². The minimum atomic E-state index is -0.221. The number of amides is 1. The average Bonchev–Trinajstić information content (AvgIpc) is 3.17. The molecule has 1 saturated heterocycles. The first-order chi connectivity index (χ1) is 12.7. The summed E-state index contributed by atoms with van der Waals surface area (Å²) >= 11 is 0. The van der Waals surface area contributed by atoms with Crippen molar-refractivity contribution < 1.29 is 9.90 Å². The van der Waals surface area contributed by atoms with Crippen LogP contribution >= 0.6 is 0 Å². The molecule has 26 heavy (non-hydrogen) atoms. The van der Waals surface area contributed by atoms with E-state index in [0.717, 1.165) is 50.4 Å². The number of piperidine rings is 1. The molecule has 138 valence electrons. The van der Waals surface area contributed by atoms with Crippen molar-refractivity contribution in [1.82, 2.24) is 30.0 Å². The minimum Gasteiger partial charge on any atom is -0.388 e. The monoisotopic (exact) mass is 357 g/mol. The van der Waals surface area contributed by atoms with Gasteiger partial charge >= 0.3 is 0 Å². The van der Waals surface area contributed by atoms with E-state index >= 15 is 0 Å². The Morgan fingerprint density at radius 1 is 1.31 bits per heavy atom. The van der Waals surface area contributed by atoms with E-state index < -0.39 is 0 Å². The van der Waals surface area contributed by atoms with Crippen LogP contribution in [0.2, 0.25) is 0 Å². The Hall–Kier alpha value is -2.55. The normalized spacial score (nSPS) is 22.7. The molecule has 0 bridgehead atoms. The van der Waals surface area contributed by atoms with Gasteiger partial charge in [0.05, 0.1) is 5.92 Å². The zero-order chi connectivity index (χ0) is 17.9. The summed E-state index contributed by atoms with van der Waals surface area (Å²) in [5.74, 6) is 1.78. The number of carbonyl (C=O) groups is 1. The fourth-order valence-corrected chi connectivity index (χ4v) is 3.79. The van der Waals surface area contributed by atoms with Crippen LogP contribution in [0.15, 0.2) is 18.6 Å². The Bertz CT molecular complexity index is 778. The fraction of sp³-hybridized carbons (Fsp3) is 0.588. The maximum Gasteiger partial charge on any atom is 0.231 e. The van der Waals surface area contributed by atoms with Crippen LogP contribution in [-0.2, 0) is 17.9 Å². The van der Waals surface area contributed by atoms with Gasteiger partial charge in [0.15, 0.2) is 5.82 Å². The van der Waals surface area contributed by atoms with Crippen LogP contribution in [-0.4, -0.2) is 54.9 Å². The Morgan fingerprint density at radius 2 is 2.19 bits per heavy atom. The van der Waals surface area contributed by atoms with E-state index in [-0.39, 0.29) is 24.5 Å². The molecule has 1 unspecified atom stereocenters. The third-order valence-corrected chi connectivity index (χ3v) is 5.09. The quantitative estimate of drug-likeness (QED) is 0.806. The van der Waals surface area contributed by atoms with Crippen molar-refractivity contribution in [2.24, 2.45) is 0 Å². The SMILES string of the molecule is O=C(N[C@H]1CCCN(c2ccnc(CO)n2)C1)C1CCCn2cnnc21. The molecule has 9 nitrogen and oxygen atoms in total. The zero-order valence-electron chi connectivity index (χ0n) is 14.6. The van der Waals surface area contributed by atoms with Crippen LogP contribution in [0.25, 0.3) is 0 Å². The molecule has 0 aliphatic carbocycles. The van der Waals surface area contributed by atoms with E-state index in [0.29, 0.717) is 12.4 Å². The summed E-state index contributed by atoms with van der Waals surface area (Å²) in [5.41, 5.74) is 0. The number of hydrogen-bond donors (Lipinski definition) is 2. The van der Waals surface area contributed by atoms with Crippen LogP contribution in [0.5, 0.6) is 0 Å². The molecule has 2 aromatic rings. The molecule has 0 spiro atoms. The van der Waals surface area contributed by atoms with Gasteiger partial charge in [0.25, 0.3) is 0 Å². The van der Waals surface area contributed by atoms with Gasteiger partial charge in [0.2, 0.25) is 5.91 Å². The summed E-state index contributed by atoms with van der Waals surface area (Å²) in [6.45, 7) is 2.29. The molecule has 4 heterocycles. The molecule has 2 aromatic heterocycles. The molecule has 1 fully saturated rings. The molecule has 2 aliphatic rings. The van der Waals surface area contributed by atoms with Crippen molar-refractivity contribution in [3.63, 3.8) is 0 Å². The number of hydrogen-bond acceptors (Lipinski definition) is 7. The number of aliphatic hydroxyl groups excluding tert-OH is 1. The Kier molecular flexibility index (Phi) is 4.79. The number of nitrogens with zero attached hydrogens (tertiary/aromatic N) is 6. The van der Waals surface area contributed by atoms with Gasteiger partial charge in [-0.15, -0.1) is 10.2 Å². The topological polar surface area (TPSA) is 109 Å². The number of rotatable bonds is 4. The van der Waals surface area contributed by atoms with Gasteiger partial charge < -0.3 is 19.9 Å². The third kappa shape index (κ3) is 3.39. The molecule has 2 atom stereocenters. The second-order valence-electron chi connectivity index (χ2n) is 6.86. The highest BCUT2D eigenvalue weighted by Gasteiger charge is 2.31. The smallest absolute Gasteiger partial charge is 0.231 e. The van der Waals surface area contributed by atoms with E-state index in [1.165, 1.54) is 0 Å². The second kappa shape index (κ2) is 7.36. The lowest BCUT2D eigenvalue weighted by Gasteiger charge is -2.35. The van der Waals surface area contributed by atoms with E-state index in [1.54, 1.807) is 12.5 Å². The first-order valence-electron chi connectivity index (χ1n) is 9.10. The largest absolute Gasteiger partial charge is 0.388 e. The molecule has 2 N–H and O–H groups in total. The molecule has 0 radical (unpaired) electrons. The van der Waals surface area contributed by atoms with E-state index in [1.807, 2.05) is 10.6 Å². The predicted octanol–water partition coefficient (Wildman–Crippen LogP) is 0.223. The maximum atomic E-state index is 12.8. The fourth-order valence-electron chi connectivity index (χ4n) is 3.79. The number of fused-ring (bicyclic) bond motifs is 1. The summed E-state index contributed by atoms with van der Waals surface area (Å²) < 4.78 is 1.97. The maximum absolute atomic E-state index is 12.8. The summed E-state index contributed by atoms with van der Waals surface area (Å²) in [5, 5.41) is 20.5. The van der Waals surface area contributed by atoms with Crippen LogP contribution in [0.3, 0.4) is 0 Å². The first-order valence-corrected chi connectivity index (χ1v) is 9.10. The molecule has 9 heteroatoms. The van der Waals surface area contributed by atoms with E-state index in [9.17, 15) is 9.90 Å². The molecule has 0 aromatic carbocycles. The van der Waals surface area contributed by atoms with E-state index in [2.05, 4.69) is 30.4 Å². The molecule has 2 aliphatic heterocycles. The van der Waals surface area contributed by atoms with Gasteiger partial charge in [-0.25, -0.2) is 9.97 Å². The third-order valence-electron chi connectivity index (χ3n) is 5.09. The lowest BCUT2D eigenvalue weighted by atomic mass is 9.96. The Balaban J connectivity index is 1.42. The van der Waals surface area contributed by atoms with Crippen LogP contribution in [0.1, 0.15) is 43.3 Å². The molecule has 4 rings (SSSR count). The lowest BCUT2D eigenvalue weighted by molar-refractivity contribution is -0.124. The first kappa shape index (κ1) is 16.9. The highest BCUT2D eigenvalue weighted by atomic mass is 16.3. The number of aliphatic hydroxyl groups is 1. The standard InChI is InChI=1S/C17H23N7O2/c25-10-14-18-6-5-15(21-14)23-7-1-3-12(9-23)20-17(26)13-4-2-8-24-11-19-22-16(13)24/h5-6,11-13,25H,1-4,7-10H2,(H,20,26)/t12-,13?/m0/s1. The number of aryl methyl sites for hydroxylation is 1. The van der Waals surface area contributed by atoms with Gasteiger partial charge in [-0.2, -0.15) is 0 Å². The summed E-state index contributed by atoms with van der Waals surface area (Å²) in [6.07, 6.45) is 7.05. The number of anilines is 1. The number of nitrogens with one attached hydrogen (secondary N) is 1. The highest BCUT2D eigenvalue weighted by Crippen LogP contribution is 2.26. The molecule has 1 amide bonds. The molecular formula is C17H23N7O2.